The molecular weight excluding hydrogens is 400 g/mol. The summed E-state index contributed by atoms with van der Waals surface area (Å²) >= 11 is 6.03. The number of aryl methyl sites for hydroxylation is 1. The highest BCUT2D eigenvalue weighted by molar-refractivity contribution is 6.34. The summed E-state index contributed by atoms with van der Waals surface area (Å²) in [6.45, 7) is 1.67. The fraction of sp³-hybridized carbons (Fsp3) is 0.100. The Kier molecular flexibility index (Phi) is 5.94. The molecule has 1 amide bonds. The molecule has 0 aliphatic carbocycles. The normalized spacial score (nSPS) is 11.5. The monoisotopic (exact) mass is 414 g/mol. The molecule has 0 bridgehead atoms. The van der Waals surface area contributed by atoms with Crippen LogP contribution in [-0.4, -0.2) is 16.8 Å². The van der Waals surface area contributed by atoms with E-state index in [-0.39, 0.29) is 22.2 Å². The number of nitro groups is 1. The molecule has 9 heteroatoms. The molecule has 0 saturated heterocycles. The van der Waals surface area contributed by atoms with Gasteiger partial charge in [-0.2, -0.15) is 0 Å². The Morgan fingerprint density at radius 2 is 1.90 bits per heavy atom. The zero-order valence-corrected chi connectivity index (χ0v) is 15.9. The Morgan fingerprint density at radius 1 is 1.17 bits per heavy atom. The number of anilines is 1. The molecule has 0 saturated carbocycles. The summed E-state index contributed by atoms with van der Waals surface area (Å²) in [5.41, 5.74) is 0.932. The highest BCUT2D eigenvalue weighted by atomic mass is 35.5. The van der Waals surface area contributed by atoms with Crippen LogP contribution >= 0.6 is 11.6 Å². The molecule has 2 aromatic carbocycles. The van der Waals surface area contributed by atoms with Crippen molar-refractivity contribution in [2.24, 2.45) is 0 Å². The van der Waals surface area contributed by atoms with Gasteiger partial charge in [-0.05, 0) is 19.1 Å². The van der Waals surface area contributed by atoms with Gasteiger partial charge in [0.25, 0.3) is 11.6 Å². The molecule has 1 unspecified atom stereocenters. The number of amides is 1. The molecular formula is C20H15ClN2O6. The van der Waals surface area contributed by atoms with Gasteiger partial charge in [-0.25, -0.2) is 4.79 Å². The standard InChI is InChI=1S/C20H15ClN2O6/c1-12-9-10-28-17(12)20(25)29-18(13-5-3-2-4-6-13)19(24)22-16-8-7-14(23(26)27)11-15(16)21/h2-11,18H,1H3,(H,22,24). The van der Waals surface area contributed by atoms with Crippen molar-refractivity contribution in [3.8, 4) is 0 Å². The molecule has 1 N–H and O–H groups in total. The van der Waals surface area contributed by atoms with E-state index in [2.05, 4.69) is 5.32 Å². The van der Waals surface area contributed by atoms with Gasteiger partial charge in [0.2, 0.25) is 11.9 Å². The van der Waals surface area contributed by atoms with Gasteiger partial charge in [-0.15, -0.1) is 0 Å². The van der Waals surface area contributed by atoms with Gasteiger partial charge in [0.1, 0.15) is 0 Å². The maximum atomic E-state index is 12.9. The zero-order valence-electron chi connectivity index (χ0n) is 15.1. The third kappa shape index (κ3) is 4.61. The summed E-state index contributed by atoms with van der Waals surface area (Å²) in [6, 6.07) is 13.6. The molecule has 3 aromatic rings. The predicted octanol–water partition coefficient (Wildman–Crippen LogP) is 4.69. The van der Waals surface area contributed by atoms with E-state index in [4.69, 9.17) is 20.8 Å². The van der Waals surface area contributed by atoms with Crippen LogP contribution in [-0.2, 0) is 9.53 Å². The number of halogens is 1. The van der Waals surface area contributed by atoms with Crippen molar-refractivity contribution in [1.29, 1.82) is 0 Å². The second-order valence-electron chi connectivity index (χ2n) is 6.04. The van der Waals surface area contributed by atoms with Gasteiger partial charge in [0.15, 0.2) is 0 Å². The first-order chi connectivity index (χ1) is 13.9. The van der Waals surface area contributed by atoms with Crippen LogP contribution in [0.25, 0.3) is 0 Å². The number of rotatable bonds is 6. The molecule has 3 rings (SSSR count). The first-order valence-corrected chi connectivity index (χ1v) is 8.79. The predicted molar refractivity (Wildman–Crippen MR) is 105 cm³/mol. The van der Waals surface area contributed by atoms with E-state index in [9.17, 15) is 19.7 Å². The molecule has 8 nitrogen and oxygen atoms in total. The second-order valence-corrected chi connectivity index (χ2v) is 6.45. The number of carbonyl (C=O) groups excluding carboxylic acids is 2. The van der Waals surface area contributed by atoms with Gasteiger partial charge in [-0.1, -0.05) is 41.9 Å². The summed E-state index contributed by atoms with van der Waals surface area (Å²) in [5.74, 6) is -1.48. The topological polar surface area (TPSA) is 112 Å². The van der Waals surface area contributed by atoms with E-state index < -0.39 is 22.9 Å². The fourth-order valence-electron chi connectivity index (χ4n) is 2.56. The minimum Gasteiger partial charge on any atom is -0.457 e. The summed E-state index contributed by atoms with van der Waals surface area (Å²) in [5, 5.41) is 13.4. The molecule has 0 radical (unpaired) electrons. The number of ether oxygens (including phenoxy) is 1. The van der Waals surface area contributed by atoms with Crippen molar-refractivity contribution >= 4 is 34.9 Å². The van der Waals surface area contributed by atoms with Crippen LogP contribution in [0.4, 0.5) is 11.4 Å². The number of hydrogen-bond acceptors (Lipinski definition) is 6. The first-order valence-electron chi connectivity index (χ1n) is 8.41. The van der Waals surface area contributed by atoms with Crippen molar-refractivity contribution < 1.29 is 23.7 Å². The number of non-ortho nitro benzene ring substituents is 1. The van der Waals surface area contributed by atoms with Crippen LogP contribution < -0.4 is 5.32 Å². The molecule has 0 aliphatic heterocycles. The zero-order chi connectivity index (χ0) is 21.0. The maximum absolute atomic E-state index is 12.9. The number of benzene rings is 2. The van der Waals surface area contributed by atoms with Gasteiger partial charge < -0.3 is 14.5 Å². The second kappa shape index (κ2) is 8.57. The number of carbonyl (C=O) groups is 2. The quantitative estimate of drug-likeness (QED) is 0.356. The van der Waals surface area contributed by atoms with Crippen LogP contribution in [0.5, 0.6) is 0 Å². The average molecular weight is 415 g/mol. The Hall–Kier alpha value is -3.65. The molecule has 1 atom stereocenters. The molecule has 0 aliphatic rings. The third-order valence-electron chi connectivity index (χ3n) is 4.03. The minimum atomic E-state index is -1.29. The van der Waals surface area contributed by atoms with Crippen LogP contribution in [0.15, 0.2) is 65.3 Å². The SMILES string of the molecule is Cc1ccoc1C(=O)OC(C(=O)Nc1ccc([N+](=O)[O-])cc1Cl)c1ccccc1. The van der Waals surface area contributed by atoms with Crippen molar-refractivity contribution in [3.05, 3.63) is 92.9 Å². The van der Waals surface area contributed by atoms with E-state index in [0.29, 0.717) is 11.1 Å². The van der Waals surface area contributed by atoms with E-state index in [1.165, 1.54) is 18.4 Å². The minimum absolute atomic E-state index is 0.00732. The molecule has 1 aromatic heterocycles. The Balaban J connectivity index is 1.86. The van der Waals surface area contributed by atoms with Gasteiger partial charge in [-0.3, -0.25) is 14.9 Å². The lowest BCUT2D eigenvalue weighted by Crippen LogP contribution is -2.26. The lowest BCUT2D eigenvalue weighted by Gasteiger charge is -2.18. The molecule has 29 heavy (non-hydrogen) atoms. The van der Waals surface area contributed by atoms with Crippen molar-refractivity contribution in [3.63, 3.8) is 0 Å². The summed E-state index contributed by atoms with van der Waals surface area (Å²) in [4.78, 5) is 35.6. The lowest BCUT2D eigenvalue weighted by molar-refractivity contribution is -0.384. The van der Waals surface area contributed by atoms with Gasteiger partial charge in [0, 0.05) is 23.3 Å². The van der Waals surface area contributed by atoms with Crippen LogP contribution in [0.2, 0.25) is 5.02 Å². The fourth-order valence-corrected chi connectivity index (χ4v) is 2.78. The van der Waals surface area contributed by atoms with E-state index in [1.807, 2.05) is 0 Å². The van der Waals surface area contributed by atoms with Crippen LogP contribution in [0.3, 0.4) is 0 Å². The van der Waals surface area contributed by atoms with Crippen LogP contribution in [0.1, 0.15) is 27.8 Å². The van der Waals surface area contributed by atoms with Gasteiger partial charge in [0.05, 0.1) is 21.9 Å². The van der Waals surface area contributed by atoms with Gasteiger partial charge >= 0.3 is 5.97 Å². The number of hydrogen-bond donors (Lipinski definition) is 1. The van der Waals surface area contributed by atoms with Crippen LogP contribution in [0, 0.1) is 17.0 Å². The Bertz CT molecular complexity index is 1060. The first kappa shape index (κ1) is 20.1. The third-order valence-corrected chi connectivity index (χ3v) is 4.35. The van der Waals surface area contributed by atoms with E-state index >= 15 is 0 Å². The summed E-state index contributed by atoms with van der Waals surface area (Å²) in [7, 11) is 0. The van der Waals surface area contributed by atoms with E-state index in [0.717, 1.165) is 6.07 Å². The number of furan rings is 1. The highest BCUT2D eigenvalue weighted by Crippen LogP contribution is 2.29. The number of nitro benzene ring substituents is 1. The Labute approximate surface area is 170 Å². The molecule has 148 valence electrons. The highest BCUT2D eigenvalue weighted by Gasteiger charge is 2.28. The molecule has 1 heterocycles. The smallest absolute Gasteiger partial charge is 0.375 e. The molecule has 0 spiro atoms. The van der Waals surface area contributed by atoms with Crippen molar-refractivity contribution in [1.82, 2.24) is 0 Å². The summed E-state index contributed by atoms with van der Waals surface area (Å²) in [6.07, 6.45) is 0.0552. The number of esters is 1. The largest absolute Gasteiger partial charge is 0.457 e. The Morgan fingerprint density at radius 3 is 2.48 bits per heavy atom. The van der Waals surface area contributed by atoms with Crippen molar-refractivity contribution in [2.75, 3.05) is 5.32 Å². The number of nitrogens with one attached hydrogen (secondary N) is 1. The van der Waals surface area contributed by atoms with Crippen molar-refractivity contribution in [2.45, 2.75) is 13.0 Å². The summed E-state index contributed by atoms with van der Waals surface area (Å²) < 4.78 is 10.5. The maximum Gasteiger partial charge on any atom is 0.375 e. The van der Waals surface area contributed by atoms with E-state index in [1.54, 1.807) is 43.3 Å². The number of nitrogens with zero attached hydrogens (tertiary/aromatic N) is 1. The molecule has 0 fully saturated rings. The average Bonchev–Trinajstić information content (AvgIpc) is 3.14. The lowest BCUT2D eigenvalue weighted by atomic mass is 10.1.